The molecule has 4 rings (SSSR count). The van der Waals surface area contributed by atoms with E-state index in [1.165, 1.54) is 0 Å². The van der Waals surface area contributed by atoms with Gasteiger partial charge in [-0.05, 0) is 36.1 Å². The summed E-state index contributed by atoms with van der Waals surface area (Å²) < 4.78 is 43.7. The molecule has 0 bridgehead atoms. The lowest BCUT2D eigenvalue weighted by Crippen LogP contribution is -2.36. The van der Waals surface area contributed by atoms with Crippen molar-refractivity contribution < 1.29 is 23.0 Å². The minimum Gasteiger partial charge on any atom is -0.489 e. The molecule has 0 radical (unpaired) electrons. The summed E-state index contributed by atoms with van der Waals surface area (Å²) in [5.41, 5.74) is 2.78. The second-order valence-electron chi connectivity index (χ2n) is 7.91. The summed E-state index contributed by atoms with van der Waals surface area (Å²) in [7, 11) is 1.63. The number of alkyl halides is 2. The maximum absolute atomic E-state index is 13.1. The summed E-state index contributed by atoms with van der Waals surface area (Å²) in [6.07, 6.45) is 4.06. The quantitative estimate of drug-likeness (QED) is 0.576. The van der Waals surface area contributed by atoms with Crippen LogP contribution in [-0.2, 0) is 20.8 Å². The molecule has 0 aromatic heterocycles. The van der Waals surface area contributed by atoms with E-state index in [9.17, 15) is 8.78 Å². The fourth-order valence-electron chi connectivity index (χ4n) is 4.32. The summed E-state index contributed by atoms with van der Waals surface area (Å²) in [4.78, 5) is 4.61. The van der Waals surface area contributed by atoms with Gasteiger partial charge in [0.05, 0.1) is 19.3 Å². The zero-order valence-electron chi connectivity index (χ0n) is 17.9. The molecular weight excluding hydrogens is 438 g/mol. The average molecular weight is 465 g/mol. The third kappa shape index (κ3) is 5.22. The van der Waals surface area contributed by atoms with Gasteiger partial charge in [-0.1, -0.05) is 42.0 Å². The van der Waals surface area contributed by atoms with E-state index >= 15 is 0 Å². The number of nitrogens with one attached hydrogen (secondary N) is 1. The van der Waals surface area contributed by atoms with Crippen LogP contribution in [0.2, 0.25) is 5.02 Å². The zero-order chi connectivity index (χ0) is 22.5. The van der Waals surface area contributed by atoms with E-state index in [2.05, 4.69) is 16.4 Å². The van der Waals surface area contributed by atoms with Gasteiger partial charge < -0.3 is 19.5 Å². The topological polar surface area (TPSA) is 52.1 Å². The van der Waals surface area contributed by atoms with E-state index in [1.54, 1.807) is 19.2 Å². The largest absolute Gasteiger partial charge is 0.489 e. The van der Waals surface area contributed by atoms with E-state index in [0.717, 1.165) is 35.5 Å². The third-order valence-electron chi connectivity index (χ3n) is 5.80. The van der Waals surface area contributed by atoms with Crippen LogP contribution in [0.1, 0.15) is 18.4 Å². The minimum absolute atomic E-state index is 0.0115. The van der Waals surface area contributed by atoms with Crippen molar-refractivity contribution in [1.29, 1.82) is 0 Å². The van der Waals surface area contributed by atoms with E-state index in [-0.39, 0.29) is 12.0 Å². The Morgan fingerprint density at radius 3 is 2.81 bits per heavy atom. The maximum Gasteiger partial charge on any atom is 0.272 e. The van der Waals surface area contributed by atoms with Crippen molar-refractivity contribution in [3.05, 3.63) is 70.0 Å². The standard InChI is InChI=1S/C24H27ClF2N2O3/c1-30-22(19-12-29-24-17(19)5-3-11-28-24)18-4-2-6-20(23(18)32-14-21(26)27)31-13-15-7-9-16(25)10-8-15/h2,4-5,7-10,19-22H,3,6,11-14H2,1H3,(H,28,29). The zero-order valence-corrected chi connectivity index (χ0v) is 18.7. The van der Waals surface area contributed by atoms with Gasteiger partial charge in [-0.3, -0.25) is 4.99 Å². The van der Waals surface area contributed by atoms with Gasteiger partial charge in [0, 0.05) is 30.2 Å². The first-order chi connectivity index (χ1) is 15.6. The molecule has 3 unspecified atom stereocenters. The molecule has 5 nitrogen and oxygen atoms in total. The van der Waals surface area contributed by atoms with Gasteiger partial charge in [0.15, 0.2) is 0 Å². The maximum atomic E-state index is 13.1. The molecule has 0 saturated carbocycles. The smallest absolute Gasteiger partial charge is 0.272 e. The fourth-order valence-corrected chi connectivity index (χ4v) is 4.45. The molecule has 8 heteroatoms. The van der Waals surface area contributed by atoms with Gasteiger partial charge in [0.2, 0.25) is 0 Å². The predicted octanol–water partition coefficient (Wildman–Crippen LogP) is 4.68. The molecule has 1 aromatic rings. The lowest BCUT2D eigenvalue weighted by Gasteiger charge is -2.32. The number of hydrogen-bond acceptors (Lipinski definition) is 5. The fraction of sp³-hybridized carbons (Fsp3) is 0.458. The average Bonchev–Trinajstić information content (AvgIpc) is 3.22. The highest BCUT2D eigenvalue weighted by molar-refractivity contribution is 6.30. The normalized spacial score (nSPS) is 23.5. The van der Waals surface area contributed by atoms with Crippen LogP contribution in [0.5, 0.6) is 0 Å². The van der Waals surface area contributed by atoms with Crippen LogP contribution in [-0.4, -0.2) is 51.3 Å². The molecule has 0 spiro atoms. The molecule has 1 aliphatic carbocycles. The van der Waals surface area contributed by atoms with Crippen LogP contribution in [0.15, 0.2) is 64.4 Å². The van der Waals surface area contributed by atoms with Gasteiger partial charge in [0.25, 0.3) is 6.43 Å². The lowest BCUT2D eigenvalue weighted by molar-refractivity contribution is -0.0152. The number of methoxy groups -OCH3 is 1. The minimum atomic E-state index is -2.58. The Hall–Kier alpha value is -2.22. The predicted molar refractivity (Wildman–Crippen MR) is 120 cm³/mol. The molecule has 2 aliphatic heterocycles. The van der Waals surface area contributed by atoms with Gasteiger partial charge >= 0.3 is 0 Å². The molecule has 3 aliphatic rings. The summed E-state index contributed by atoms with van der Waals surface area (Å²) in [6.45, 7) is 1.05. The van der Waals surface area contributed by atoms with Crippen molar-refractivity contribution in [2.24, 2.45) is 10.9 Å². The van der Waals surface area contributed by atoms with Crippen molar-refractivity contribution in [2.45, 2.75) is 38.1 Å². The molecule has 1 aromatic carbocycles. The van der Waals surface area contributed by atoms with Crippen LogP contribution < -0.4 is 5.32 Å². The number of rotatable bonds is 9. The molecular formula is C24H27ClF2N2O3. The van der Waals surface area contributed by atoms with Gasteiger partial charge in [-0.2, -0.15) is 0 Å². The number of aliphatic imine (C=N–C) groups is 1. The highest BCUT2D eigenvalue weighted by Crippen LogP contribution is 2.36. The summed E-state index contributed by atoms with van der Waals surface area (Å²) in [6, 6.07) is 7.34. The third-order valence-corrected chi connectivity index (χ3v) is 6.05. The molecule has 3 atom stereocenters. The van der Waals surface area contributed by atoms with Crippen molar-refractivity contribution in [3.8, 4) is 0 Å². The van der Waals surface area contributed by atoms with Crippen LogP contribution >= 0.6 is 11.6 Å². The van der Waals surface area contributed by atoms with Crippen LogP contribution in [0.3, 0.4) is 0 Å². The molecule has 2 heterocycles. The Bertz CT molecular complexity index is 928. The Balaban J connectivity index is 1.59. The van der Waals surface area contributed by atoms with Gasteiger partial charge in [0.1, 0.15) is 24.3 Å². The highest BCUT2D eigenvalue weighted by Gasteiger charge is 2.38. The molecule has 32 heavy (non-hydrogen) atoms. The van der Waals surface area contributed by atoms with Crippen molar-refractivity contribution in [3.63, 3.8) is 0 Å². The van der Waals surface area contributed by atoms with Gasteiger partial charge in [-0.15, -0.1) is 0 Å². The van der Waals surface area contributed by atoms with E-state index < -0.39 is 19.1 Å². The molecule has 0 fully saturated rings. The monoisotopic (exact) mass is 464 g/mol. The van der Waals surface area contributed by atoms with E-state index in [0.29, 0.717) is 30.4 Å². The molecule has 0 saturated heterocycles. The summed E-state index contributed by atoms with van der Waals surface area (Å²) >= 11 is 5.95. The van der Waals surface area contributed by atoms with Crippen LogP contribution in [0.4, 0.5) is 8.78 Å². The highest BCUT2D eigenvalue weighted by atomic mass is 35.5. The van der Waals surface area contributed by atoms with Crippen LogP contribution in [0.25, 0.3) is 0 Å². The van der Waals surface area contributed by atoms with E-state index in [4.69, 9.17) is 25.8 Å². The Kier molecular flexibility index (Phi) is 7.60. The van der Waals surface area contributed by atoms with Crippen LogP contribution in [0, 0.1) is 5.92 Å². The number of halogens is 3. The van der Waals surface area contributed by atoms with E-state index in [1.807, 2.05) is 24.3 Å². The van der Waals surface area contributed by atoms with Gasteiger partial charge in [-0.25, -0.2) is 8.78 Å². The summed E-state index contributed by atoms with van der Waals surface area (Å²) in [5.74, 6) is 1.29. The number of fused-ring (bicyclic) bond motifs is 1. The first kappa shape index (κ1) is 23.0. The lowest BCUT2D eigenvalue weighted by atomic mass is 9.85. The first-order valence-electron chi connectivity index (χ1n) is 10.8. The second-order valence-corrected chi connectivity index (χ2v) is 8.35. The first-order valence-corrected chi connectivity index (χ1v) is 11.1. The number of ether oxygens (including phenoxy) is 3. The number of amidine groups is 1. The van der Waals surface area contributed by atoms with Crippen molar-refractivity contribution in [1.82, 2.24) is 5.32 Å². The number of hydrogen-bond donors (Lipinski definition) is 1. The molecule has 1 N–H and O–H groups in total. The summed E-state index contributed by atoms with van der Waals surface area (Å²) in [5, 5.41) is 3.97. The molecule has 0 amide bonds. The number of nitrogens with zero attached hydrogens (tertiary/aromatic N) is 1. The van der Waals surface area contributed by atoms with Crippen molar-refractivity contribution in [2.75, 3.05) is 26.8 Å². The SMILES string of the molecule is COC(C1=C(OCC(F)F)C(OCc2ccc(Cl)cc2)CC=C1)C1CN=C2NCCC=C21. The molecule has 172 valence electrons. The Labute approximate surface area is 191 Å². The Morgan fingerprint density at radius 1 is 1.25 bits per heavy atom. The second kappa shape index (κ2) is 10.6. The Morgan fingerprint density at radius 2 is 2.06 bits per heavy atom. The number of benzene rings is 1. The van der Waals surface area contributed by atoms with Crippen molar-refractivity contribution >= 4 is 17.4 Å².